The molecule has 0 fully saturated rings. The average Bonchev–Trinajstić information content (AvgIpc) is 3.01. The lowest BCUT2D eigenvalue weighted by molar-refractivity contribution is -0.116. The molecular weight excluding hydrogens is 419 g/mol. The number of allylic oxidation sites excluding steroid dienone is 1. The molecule has 0 saturated carbocycles. The van der Waals surface area contributed by atoms with Gasteiger partial charge in [0.1, 0.15) is 5.82 Å². The van der Waals surface area contributed by atoms with Crippen molar-refractivity contribution in [2.24, 2.45) is 0 Å². The van der Waals surface area contributed by atoms with Gasteiger partial charge in [0.05, 0.1) is 31.6 Å². The van der Waals surface area contributed by atoms with Gasteiger partial charge in [-0.3, -0.25) is 4.79 Å². The van der Waals surface area contributed by atoms with Crippen LogP contribution in [0, 0.1) is 5.82 Å². The number of para-hydroxylation sites is 2. The minimum Gasteiger partial charge on any atom is -0.493 e. The first-order valence-electron chi connectivity index (χ1n) is 10.9. The zero-order chi connectivity index (χ0) is 22.9. The summed E-state index contributed by atoms with van der Waals surface area (Å²) < 4.78 is 24.4. The highest BCUT2D eigenvalue weighted by molar-refractivity contribution is 6.01. The summed E-state index contributed by atoms with van der Waals surface area (Å²) in [5.41, 5.74) is 5.28. The summed E-state index contributed by atoms with van der Waals surface area (Å²) in [7, 11) is 3.21. The maximum atomic E-state index is 13.6. The molecule has 5 nitrogen and oxygen atoms in total. The molecule has 2 aliphatic rings. The number of anilines is 2. The molecule has 0 bridgehead atoms. The van der Waals surface area contributed by atoms with E-state index in [2.05, 4.69) is 10.6 Å². The van der Waals surface area contributed by atoms with E-state index in [9.17, 15) is 9.18 Å². The van der Waals surface area contributed by atoms with Gasteiger partial charge in [0.2, 0.25) is 0 Å². The van der Waals surface area contributed by atoms with Gasteiger partial charge in [0.25, 0.3) is 0 Å². The van der Waals surface area contributed by atoms with Crippen molar-refractivity contribution in [1.29, 1.82) is 0 Å². The van der Waals surface area contributed by atoms with Crippen LogP contribution in [0.25, 0.3) is 0 Å². The van der Waals surface area contributed by atoms with Crippen LogP contribution in [0.4, 0.5) is 15.8 Å². The standard InChI is InChI=1S/C27H25FN2O3/c1-32-24-12-9-17(15-25(24)33-2)18-13-22-26(23(31)14-18)27(16-7-10-19(28)11-8-16)30-21-6-4-3-5-20(21)29-22/h3-12,15,18,27,29-30H,13-14H2,1-2H3/t18-,27-/m0/s1. The number of fused-ring (bicyclic) bond motifs is 1. The molecule has 0 spiro atoms. The van der Waals surface area contributed by atoms with Crippen LogP contribution in [-0.2, 0) is 4.79 Å². The van der Waals surface area contributed by atoms with Crippen LogP contribution < -0.4 is 20.1 Å². The molecule has 3 aromatic rings. The number of halogens is 1. The molecule has 0 radical (unpaired) electrons. The maximum Gasteiger partial charge on any atom is 0.163 e. The predicted molar refractivity (Wildman–Crippen MR) is 126 cm³/mol. The number of hydrogen-bond donors (Lipinski definition) is 2. The van der Waals surface area contributed by atoms with Gasteiger partial charge in [0, 0.05) is 17.7 Å². The Morgan fingerprint density at radius 2 is 1.55 bits per heavy atom. The number of hydrogen-bond acceptors (Lipinski definition) is 5. The van der Waals surface area contributed by atoms with Gasteiger partial charge in [-0.25, -0.2) is 4.39 Å². The Balaban J connectivity index is 1.57. The molecule has 0 aromatic heterocycles. The zero-order valence-corrected chi connectivity index (χ0v) is 18.5. The van der Waals surface area contributed by atoms with E-state index in [1.54, 1.807) is 26.4 Å². The fourth-order valence-corrected chi connectivity index (χ4v) is 4.74. The van der Waals surface area contributed by atoms with E-state index >= 15 is 0 Å². The summed E-state index contributed by atoms with van der Waals surface area (Å²) in [6.07, 6.45) is 1.05. The molecule has 0 amide bonds. The van der Waals surface area contributed by atoms with Crippen LogP contribution in [0.5, 0.6) is 11.5 Å². The second-order valence-electron chi connectivity index (χ2n) is 8.33. The minimum atomic E-state index is -0.365. The summed E-state index contributed by atoms with van der Waals surface area (Å²) in [6.45, 7) is 0. The lowest BCUT2D eigenvalue weighted by Gasteiger charge is -2.30. The molecule has 5 rings (SSSR count). The SMILES string of the molecule is COc1ccc([C@@H]2CC(=O)C3=C(C2)Nc2ccccc2N[C@H]3c2ccc(F)cc2)cc1OC. The van der Waals surface area contributed by atoms with E-state index < -0.39 is 0 Å². The van der Waals surface area contributed by atoms with Gasteiger partial charge in [-0.15, -0.1) is 0 Å². The monoisotopic (exact) mass is 444 g/mol. The topological polar surface area (TPSA) is 59.6 Å². The van der Waals surface area contributed by atoms with Crippen LogP contribution in [0.2, 0.25) is 0 Å². The van der Waals surface area contributed by atoms with Crippen molar-refractivity contribution in [2.75, 3.05) is 24.9 Å². The molecule has 2 N–H and O–H groups in total. The highest BCUT2D eigenvalue weighted by atomic mass is 19.1. The molecule has 2 atom stereocenters. The number of carbonyl (C=O) groups is 1. The van der Waals surface area contributed by atoms with E-state index in [1.807, 2.05) is 42.5 Å². The van der Waals surface area contributed by atoms with Crippen molar-refractivity contribution in [2.45, 2.75) is 24.8 Å². The van der Waals surface area contributed by atoms with E-state index in [0.717, 1.165) is 28.2 Å². The minimum absolute atomic E-state index is 0.00249. The molecule has 33 heavy (non-hydrogen) atoms. The van der Waals surface area contributed by atoms with Gasteiger partial charge in [-0.1, -0.05) is 30.3 Å². The summed E-state index contributed by atoms with van der Waals surface area (Å²) >= 11 is 0. The van der Waals surface area contributed by atoms with Crippen molar-refractivity contribution in [3.63, 3.8) is 0 Å². The lowest BCUT2D eigenvalue weighted by atomic mass is 9.78. The number of nitrogens with one attached hydrogen (secondary N) is 2. The van der Waals surface area contributed by atoms with Crippen LogP contribution in [-0.4, -0.2) is 20.0 Å². The Kier molecular flexibility index (Phi) is 5.50. The van der Waals surface area contributed by atoms with Crippen LogP contribution >= 0.6 is 0 Å². The number of benzene rings is 3. The van der Waals surface area contributed by atoms with Crippen molar-refractivity contribution in [3.05, 3.63) is 94.9 Å². The Bertz CT molecular complexity index is 1240. The van der Waals surface area contributed by atoms with Crippen LogP contribution in [0.15, 0.2) is 78.0 Å². The number of ether oxygens (including phenoxy) is 2. The van der Waals surface area contributed by atoms with Crippen molar-refractivity contribution in [3.8, 4) is 11.5 Å². The van der Waals surface area contributed by atoms with Gasteiger partial charge >= 0.3 is 0 Å². The Morgan fingerprint density at radius 1 is 0.848 bits per heavy atom. The highest BCUT2D eigenvalue weighted by Crippen LogP contribution is 2.45. The fourth-order valence-electron chi connectivity index (χ4n) is 4.74. The van der Waals surface area contributed by atoms with Crippen molar-refractivity contribution >= 4 is 17.2 Å². The third kappa shape index (κ3) is 3.93. The van der Waals surface area contributed by atoms with Gasteiger partial charge < -0.3 is 20.1 Å². The third-order valence-electron chi connectivity index (χ3n) is 6.39. The van der Waals surface area contributed by atoms with Gasteiger partial charge in [-0.2, -0.15) is 0 Å². The molecular formula is C27H25FN2O3. The first-order chi connectivity index (χ1) is 16.1. The smallest absolute Gasteiger partial charge is 0.163 e. The van der Waals surface area contributed by atoms with E-state index in [1.165, 1.54) is 12.1 Å². The Hall–Kier alpha value is -3.80. The highest BCUT2D eigenvalue weighted by Gasteiger charge is 2.36. The Morgan fingerprint density at radius 3 is 2.27 bits per heavy atom. The molecule has 0 unspecified atom stereocenters. The Labute approximate surface area is 192 Å². The number of rotatable bonds is 4. The summed E-state index contributed by atoms with van der Waals surface area (Å²) in [5, 5.41) is 7.03. The van der Waals surface area contributed by atoms with Crippen molar-refractivity contribution in [1.82, 2.24) is 0 Å². The van der Waals surface area contributed by atoms with Crippen LogP contribution in [0.1, 0.15) is 35.9 Å². The van der Waals surface area contributed by atoms with Gasteiger partial charge in [0.15, 0.2) is 17.3 Å². The third-order valence-corrected chi connectivity index (χ3v) is 6.39. The second kappa shape index (κ2) is 8.62. The number of ketones is 1. The second-order valence-corrected chi connectivity index (χ2v) is 8.33. The number of Topliss-reactive ketones (excluding diaryl/α,β-unsaturated/α-hetero) is 1. The van der Waals surface area contributed by atoms with Crippen molar-refractivity contribution < 1.29 is 18.7 Å². The molecule has 1 heterocycles. The van der Waals surface area contributed by atoms with E-state index in [0.29, 0.717) is 29.9 Å². The number of carbonyl (C=O) groups excluding carboxylic acids is 1. The van der Waals surface area contributed by atoms with Crippen LogP contribution in [0.3, 0.4) is 0 Å². The average molecular weight is 445 g/mol. The first-order valence-corrected chi connectivity index (χ1v) is 10.9. The molecule has 1 aliphatic heterocycles. The van der Waals surface area contributed by atoms with Gasteiger partial charge in [-0.05, 0) is 59.9 Å². The molecule has 3 aromatic carbocycles. The molecule has 168 valence electrons. The summed E-state index contributed by atoms with van der Waals surface area (Å²) in [5.74, 6) is 1.07. The predicted octanol–water partition coefficient (Wildman–Crippen LogP) is 5.82. The normalized spacial score (nSPS) is 19.5. The fraction of sp³-hybridized carbons (Fsp3) is 0.222. The lowest BCUT2D eigenvalue weighted by Crippen LogP contribution is -2.26. The van der Waals surface area contributed by atoms with E-state index in [4.69, 9.17) is 9.47 Å². The summed E-state index contributed by atoms with van der Waals surface area (Å²) in [6, 6.07) is 19.7. The summed E-state index contributed by atoms with van der Waals surface area (Å²) in [4.78, 5) is 13.6. The molecule has 6 heteroatoms. The quantitative estimate of drug-likeness (QED) is 0.531. The molecule has 0 saturated heterocycles. The van der Waals surface area contributed by atoms with E-state index in [-0.39, 0.29) is 23.6 Å². The maximum absolute atomic E-state index is 13.6. The zero-order valence-electron chi connectivity index (χ0n) is 18.5. The number of methoxy groups -OCH3 is 2. The largest absolute Gasteiger partial charge is 0.493 e. The molecule has 1 aliphatic carbocycles. The first kappa shape index (κ1) is 21.1.